The van der Waals surface area contributed by atoms with E-state index >= 15 is 0 Å². The lowest BCUT2D eigenvalue weighted by Gasteiger charge is -2.09. The van der Waals surface area contributed by atoms with Gasteiger partial charge in [0.25, 0.3) is 0 Å². The van der Waals surface area contributed by atoms with E-state index in [0.29, 0.717) is 6.54 Å². The second-order valence-electron chi connectivity index (χ2n) is 4.24. The molecular formula is C13H14N4S2. The molecule has 2 heterocycles. The zero-order valence-electron chi connectivity index (χ0n) is 10.5. The van der Waals surface area contributed by atoms with Crippen molar-refractivity contribution in [3.05, 3.63) is 42.2 Å². The van der Waals surface area contributed by atoms with Crippen molar-refractivity contribution in [2.75, 3.05) is 6.54 Å². The summed E-state index contributed by atoms with van der Waals surface area (Å²) in [7, 11) is 1.92. The van der Waals surface area contributed by atoms with Crippen molar-refractivity contribution < 1.29 is 0 Å². The maximum absolute atomic E-state index is 5.88. The third kappa shape index (κ3) is 2.65. The molecule has 1 aromatic carbocycles. The third-order valence-corrected chi connectivity index (χ3v) is 5.24. The van der Waals surface area contributed by atoms with Crippen molar-refractivity contribution in [2.24, 2.45) is 12.8 Å². The molecule has 1 atom stereocenters. The maximum Gasteiger partial charge on any atom is 0.151 e. The van der Waals surface area contributed by atoms with Crippen LogP contribution in [0, 0.1) is 0 Å². The molecule has 0 aliphatic rings. The van der Waals surface area contributed by atoms with Crippen LogP contribution < -0.4 is 5.73 Å². The van der Waals surface area contributed by atoms with E-state index in [2.05, 4.69) is 16.1 Å². The first-order valence-corrected chi connectivity index (χ1v) is 7.66. The van der Waals surface area contributed by atoms with Crippen LogP contribution in [0.3, 0.4) is 0 Å². The van der Waals surface area contributed by atoms with Gasteiger partial charge in [0.1, 0.15) is 0 Å². The molecule has 98 valence electrons. The molecule has 0 aliphatic heterocycles. The number of aromatic nitrogens is 3. The molecular weight excluding hydrogens is 276 g/mol. The van der Waals surface area contributed by atoms with Crippen molar-refractivity contribution in [3.8, 4) is 0 Å². The summed E-state index contributed by atoms with van der Waals surface area (Å²) in [4.78, 5) is 4.63. The fourth-order valence-electron chi connectivity index (χ4n) is 1.88. The van der Waals surface area contributed by atoms with Gasteiger partial charge in [0.05, 0.1) is 21.7 Å². The van der Waals surface area contributed by atoms with Gasteiger partial charge >= 0.3 is 0 Å². The first-order valence-electron chi connectivity index (χ1n) is 5.97. The van der Waals surface area contributed by atoms with Gasteiger partial charge in [-0.1, -0.05) is 23.9 Å². The summed E-state index contributed by atoms with van der Waals surface area (Å²) >= 11 is 3.42. The highest BCUT2D eigenvalue weighted by molar-refractivity contribution is 8.01. The second kappa shape index (κ2) is 5.32. The Hall–Kier alpha value is -1.37. The molecule has 3 aromatic rings. The first-order chi connectivity index (χ1) is 9.26. The van der Waals surface area contributed by atoms with Crippen LogP contribution in [0.1, 0.15) is 10.8 Å². The van der Waals surface area contributed by atoms with Gasteiger partial charge in [-0.05, 0) is 12.1 Å². The molecule has 6 heteroatoms. The van der Waals surface area contributed by atoms with Gasteiger partial charge in [-0.25, -0.2) is 4.98 Å². The summed E-state index contributed by atoms with van der Waals surface area (Å²) in [6, 6.07) is 8.19. The zero-order chi connectivity index (χ0) is 13.2. The molecule has 0 aliphatic carbocycles. The maximum atomic E-state index is 5.88. The quantitative estimate of drug-likeness (QED) is 0.751. The highest BCUT2D eigenvalue weighted by Gasteiger charge is 2.15. The highest BCUT2D eigenvalue weighted by atomic mass is 32.2. The summed E-state index contributed by atoms with van der Waals surface area (Å²) in [6.07, 6.45) is 3.88. The fraction of sp³-hybridized carbons (Fsp3) is 0.231. The van der Waals surface area contributed by atoms with Crippen LogP contribution in [0.15, 0.2) is 41.0 Å². The number of fused-ring (bicyclic) bond motifs is 1. The van der Waals surface area contributed by atoms with E-state index in [-0.39, 0.29) is 5.25 Å². The number of thioether (sulfide) groups is 1. The molecule has 4 nitrogen and oxygen atoms in total. The molecule has 0 saturated carbocycles. The summed E-state index contributed by atoms with van der Waals surface area (Å²) in [5.74, 6) is 0. The molecule has 0 saturated heterocycles. The number of nitrogens with zero attached hydrogens (tertiary/aromatic N) is 3. The van der Waals surface area contributed by atoms with Gasteiger partial charge in [0.2, 0.25) is 0 Å². The van der Waals surface area contributed by atoms with Gasteiger partial charge in [-0.15, -0.1) is 11.3 Å². The topological polar surface area (TPSA) is 56.7 Å². The molecule has 0 bridgehead atoms. The molecule has 0 amide bonds. The largest absolute Gasteiger partial charge is 0.329 e. The Morgan fingerprint density at radius 1 is 1.42 bits per heavy atom. The number of hydrogen-bond acceptors (Lipinski definition) is 5. The second-order valence-corrected chi connectivity index (χ2v) is 6.72. The Labute approximate surface area is 119 Å². The number of aryl methyl sites for hydroxylation is 1. The summed E-state index contributed by atoms with van der Waals surface area (Å²) < 4.78 is 4.07. The van der Waals surface area contributed by atoms with Crippen LogP contribution in [0.25, 0.3) is 10.2 Å². The average molecular weight is 290 g/mol. The smallest absolute Gasteiger partial charge is 0.151 e. The number of benzene rings is 1. The SMILES string of the molecule is Cn1cc(C(CN)Sc2nc3ccccc3s2)cn1. The minimum atomic E-state index is 0.203. The van der Waals surface area contributed by atoms with Gasteiger partial charge in [0.15, 0.2) is 4.34 Å². The van der Waals surface area contributed by atoms with Gasteiger partial charge in [-0.2, -0.15) is 5.10 Å². The van der Waals surface area contributed by atoms with Crippen molar-refractivity contribution in [2.45, 2.75) is 9.59 Å². The minimum absolute atomic E-state index is 0.203. The minimum Gasteiger partial charge on any atom is -0.329 e. The van der Waals surface area contributed by atoms with E-state index in [1.807, 2.05) is 37.6 Å². The Morgan fingerprint density at radius 3 is 2.95 bits per heavy atom. The first kappa shape index (κ1) is 12.7. The lowest BCUT2D eigenvalue weighted by molar-refractivity contribution is 0.766. The van der Waals surface area contributed by atoms with E-state index in [4.69, 9.17) is 5.73 Å². The Morgan fingerprint density at radius 2 is 2.26 bits per heavy atom. The molecule has 3 rings (SSSR count). The normalized spacial score (nSPS) is 12.9. The fourth-order valence-corrected chi connectivity index (χ4v) is 4.14. The van der Waals surface area contributed by atoms with Crippen molar-refractivity contribution in [1.29, 1.82) is 0 Å². The predicted molar refractivity (Wildman–Crippen MR) is 80.5 cm³/mol. The predicted octanol–water partition coefficient (Wildman–Crippen LogP) is 2.82. The van der Waals surface area contributed by atoms with Crippen molar-refractivity contribution >= 4 is 33.3 Å². The number of nitrogens with two attached hydrogens (primary N) is 1. The molecule has 2 aromatic heterocycles. The van der Waals surface area contributed by atoms with E-state index in [0.717, 1.165) is 15.4 Å². The lowest BCUT2D eigenvalue weighted by Crippen LogP contribution is -2.08. The molecule has 19 heavy (non-hydrogen) atoms. The molecule has 1 unspecified atom stereocenters. The average Bonchev–Trinajstić information content (AvgIpc) is 3.01. The van der Waals surface area contributed by atoms with Gasteiger partial charge < -0.3 is 5.73 Å². The molecule has 0 spiro atoms. The number of hydrogen-bond donors (Lipinski definition) is 1. The lowest BCUT2D eigenvalue weighted by atomic mass is 10.2. The van der Waals surface area contributed by atoms with E-state index in [1.54, 1.807) is 27.8 Å². The Balaban J connectivity index is 1.86. The van der Waals surface area contributed by atoms with Crippen LogP contribution >= 0.6 is 23.1 Å². The van der Waals surface area contributed by atoms with Crippen molar-refractivity contribution in [3.63, 3.8) is 0 Å². The monoisotopic (exact) mass is 290 g/mol. The summed E-state index contributed by atoms with van der Waals surface area (Å²) in [5, 5.41) is 4.40. The van der Waals surface area contributed by atoms with Crippen LogP contribution in [-0.4, -0.2) is 21.3 Å². The standard InChI is InChI=1S/C13H14N4S2/c1-17-8-9(7-15-17)12(6-14)19-13-16-10-4-2-3-5-11(10)18-13/h2-5,7-8,12H,6,14H2,1H3. The van der Waals surface area contributed by atoms with E-state index in [9.17, 15) is 0 Å². The van der Waals surface area contributed by atoms with Crippen LogP contribution in [0.5, 0.6) is 0 Å². The molecule has 0 radical (unpaired) electrons. The summed E-state index contributed by atoms with van der Waals surface area (Å²) in [5.41, 5.74) is 8.08. The third-order valence-electron chi connectivity index (χ3n) is 2.83. The van der Waals surface area contributed by atoms with Gasteiger partial charge in [0, 0.05) is 25.4 Å². The van der Waals surface area contributed by atoms with Crippen molar-refractivity contribution in [1.82, 2.24) is 14.8 Å². The van der Waals surface area contributed by atoms with Gasteiger partial charge in [-0.3, -0.25) is 4.68 Å². The van der Waals surface area contributed by atoms with E-state index < -0.39 is 0 Å². The zero-order valence-corrected chi connectivity index (χ0v) is 12.1. The van der Waals surface area contributed by atoms with Crippen LogP contribution in [0.4, 0.5) is 0 Å². The Kier molecular flexibility index (Phi) is 3.54. The van der Waals surface area contributed by atoms with E-state index in [1.165, 1.54) is 4.70 Å². The number of rotatable bonds is 4. The molecule has 0 fully saturated rings. The molecule has 2 N–H and O–H groups in total. The number of thiazole rings is 1. The summed E-state index contributed by atoms with van der Waals surface area (Å²) in [6.45, 7) is 0.576. The van der Waals surface area contributed by atoms with Crippen LogP contribution in [-0.2, 0) is 7.05 Å². The Bertz CT molecular complexity index is 656. The van der Waals surface area contributed by atoms with Crippen LogP contribution in [0.2, 0.25) is 0 Å². The number of para-hydroxylation sites is 1. The highest BCUT2D eigenvalue weighted by Crippen LogP contribution is 2.38.